The molecule has 0 atom stereocenters. The smallest absolute Gasteiger partial charge is 0.0271 e. The molecule has 0 saturated heterocycles. The summed E-state index contributed by atoms with van der Waals surface area (Å²) in [6.07, 6.45) is 8.88. The molecule has 0 aliphatic heterocycles. The fourth-order valence-corrected chi connectivity index (χ4v) is 2.35. The largest absolute Gasteiger partial charge is 0.317 e. The van der Waals surface area contributed by atoms with E-state index in [1.807, 2.05) is 12.4 Å². The van der Waals surface area contributed by atoms with Crippen LogP contribution in [0, 0.1) is 0 Å². The van der Waals surface area contributed by atoms with Crippen molar-refractivity contribution >= 4 is 0 Å². The molecule has 1 saturated carbocycles. The van der Waals surface area contributed by atoms with Gasteiger partial charge in [-0.25, -0.2) is 0 Å². The molecule has 1 aliphatic carbocycles. The summed E-state index contributed by atoms with van der Waals surface area (Å²) in [5.74, 6) is 0. The van der Waals surface area contributed by atoms with Gasteiger partial charge in [0.1, 0.15) is 0 Å². The Hall–Kier alpha value is -0.930. The Morgan fingerprint density at radius 1 is 1.12 bits per heavy atom. The Labute approximate surface area is 97.7 Å². The second-order valence-electron chi connectivity index (χ2n) is 4.57. The average Bonchev–Trinajstić information content (AvgIpc) is 2.38. The van der Waals surface area contributed by atoms with Crippen molar-refractivity contribution in [3.05, 3.63) is 30.1 Å². The van der Waals surface area contributed by atoms with E-state index in [-0.39, 0.29) is 0 Å². The summed E-state index contributed by atoms with van der Waals surface area (Å²) in [5, 5.41) is 6.99. The van der Waals surface area contributed by atoms with Crippen LogP contribution in [0.4, 0.5) is 0 Å². The van der Waals surface area contributed by atoms with Crippen LogP contribution in [0.15, 0.2) is 24.5 Å². The lowest BCUT2D eigenvalue weighted by atomic mass is 9.91. The number of hydrogen-bond donors (Lipinski definition) is 2. The second kappa shape index (κ2) is 5.97. The third-order valence-electron chi connectivity index (χ3n) is 3.48. The maximum atomic E-state index is 4.03. The zero-order chi connectivity index (χ0) is 11.2. The number of rotatable bonds is 4. The third kappa shape index (κ3) is 3.29. The van der Waals surface area contributed by atoms with Gasteiger partial charge in [0.05, 0.1) is 0 Å². The Kier molecular flexibility index (Phi) is 4.31. The highest BCUT2D eigenvalue weighted by molar-refractivity contribution is 5.09. The van der Waals surface area contributed by atoms with Gasteiger partial charge in [0.15, 0.2) is 0 Å². The van der Waals surface area contributed by atoms with Gasteiger partial charge in [0.2, 0.25) is 0 Å². The van der Waals surface area contributed by atoms with E-state index in [1.165, 1.54) is 31.2 Å². The number of pyridine rings is 1. The fourth-order valence-electron chi connectivity index (χ4n) is 2.35. The average molecular weight is 219 g/mol. The van der Waals surface area contributed by atoms with E-state index in [1.54, 1.807) is 0 Å². The van der Waals surface area contributed by atoms with Crippen molar-refractivity contribution in [2.75, 3.05) is 7.05 Å². The van der Waals surface area contributed by atoms with Crippen molar-refractivity contribution < 1.29 is 0 Å². The van der Waals surface area contributed by atoms with Gasteiger partial charge in [-0.2, -0.15) is 0 Å². The Morgan fingerprint density at radius 2 is 1.75 bits per heavy atom. The topological polar surface area (TPSA) is 37.0 Å². The van der Waals surface area contributed by atoms with Gasteiger partial charge < -0.3 is 10.6 Å². The summed E-state index contributed by atoms with van der Waals surface area (Å²) >= 11 is 0. The van der Waals surface area contributed by atoms with Crippen LogP contribution in [0.5, 0.6) is 0 Å². The van der Waals surface area contributed by atoms with Gasteiger partial charge in [0.25, 0.3) is 0 Å². The zero-order valence-corrected chi connectivity index (χ0v) is 9.95. The predicted octanol–water partition coefficient (Wildman–Crippen LogP) is 1.70. The van der Waals surface area contributed by atoms with Gasteiger partial charge >= 0.3 is 0 Å². The molecule has 3 nitrogen and oxygen atoms in total. The van der Waals surface area contributed by atoms with E-state index < -0.39 is 0 Å². The quantitative estimate of drug-likeness (QED) is 0.809. The summed E-state index contributed by atoms with van der Waals surface area (Å²) in [5.41, 5.74) is 1.32. The first kappa shape index (κ1) is 11.6. The summed E-state index contributed by atoms with van der Waals surface area (Å²) in [6.45, 7) is 0.970. The summed E-state index contributed by atoms with van der Waals surface area (Å²) in [6, 6.07) is 5.58. The highest BCUT2D eigenvalue weighted by Crippen LogP contribution is 2.18. The molecule has 3 heteroatoms. The first-order chi connectivity index (χ1) is 7.88. The molecule has 1 aromatic heterocycles. The number of nitrogens with one attached hydrogen (secondary N) is 2. The van der Waals surface area contributed by atoms with E-state index in [9.17, 15) is 0 Å². The van der Waals surface area contributed by atoms with Crippen LogP contribution < -0.4 is 10.6 Å². The minimum atomic E-state index is 0.692. The molecule has 88 valence electrons. The molecule has 2 rings (SSSR count). The molecule has 2 N–H and O–H groups in total. The maximum absolute atomic E-state index is 4.03. The lowest BCUT2D eigenvalue weighted by Gasteiger charge is -2.28. The molecule has 0 radical (unpaired) electrons. The Morgan fingerprint density at radius 3 is 2.38 bits per heavy atom. The van der Waals surface area contributed by atoms with Crippen molar-refractivity contribution in [1.82, 2.24) is 15.6 Å². The van der Waals surface area contributed by atoms with Gasteiger partial charge in [-0.15, -0.1) is 0 Å². The highest BCUT2D eigenvalue weighted by atomic mass is 14.9. The minimum absolute atomic E-state index is 0.692. The highest BCUT2D eigenvalue weighted by Gasteiger charge is 2.18. The van der Waals surface area contributed by atoms with E-state index in [2.05, 4.69) is 34.8 Å². The summed E-state index contributed by atoms with van der Waals surface area (Å²) < 4.78 is 0. The van der Waals surface area contributed by atoms with Crippen LogP contribution in [-0.4, -0.2) is 24.1 Å². The monoisotopic (exact) mass is 219 g/mol. The van der Waals surface area contributed by atoms with Crippen molar-refractivity contribution in [1.29, 1.82) is 0 Å². The lowest BCUT2D eigenvalue weighted by Crippen LogP contribution is -2.38. The Bertz CT molecular complexity index is 291. The van der Waals surface area contributed by atoms with Gasteiger partial charge in [0, 0.05) is 31.0 Å². The second-order valence-corrected chi connectivity index (χ2v) is 4.57. The maximum Gasteiger partial charge on any atom is 0.0271 e. The van der Waals surface area contributed by atoms with Crippen LogP contribution in [-0.2, 0) is 6.54 Å². The lowest BCUT2D eigenvalue weighted by molar-refractivity contribution is 0.317. The SMILES string of the molecule is CNC1CCC(NCc2ccncc2)CC1. The van der Waals surface area contributed by atoms with Crippen molar-refractivity contribution in [3.63, 3.8) is 0 Å². The van der Waals surface area contributed by atoms with Crippen LogP contribution in [0.1, 0.15) is 31.2 Å². The normalized spacial score (nSPS) is 25.6. The molecular formula is C13H21N3. The molecule has 1 heterocycles. The van der Waals surface area contributed by atoms with Crippen LogP contribution >= 0.6 is 0 Å². The van der Waals surface area contributed by atoms with E-state index in [0.29, 0.717) is 6.04 Å². The van der Waals surface area contributed by atoms with Gasteiger partial charge in [-0.05, 0) is 50.4 Å². The summed E-state index contributed by atoms with van der Waals surface area (Å²) in [4.78, 5) is 4.03. The standard InChI is InChI=1S/C13H21N3/c1-14-12-2-4-13(5-3-12)16-10-11-6-8-15-9-7-11/h6-9,12-14,16H,2-5,10H2,1H3. The summed E-state index contributed by atoms with van der Waals surface area (Å²) in [7, 11) is 2.06. The van der Waals surface area contributed by atoms with Gasteiger partial charge in [-0.1, -0.05) is 0 Å². The molecule has 0 bridgehead atoms. The number of nitrogens with zero attached hydrogens (tertiary/aromatic N) is 1. The molecule has 0 amide bonds. The molecule has 1 aliphatic rings. The van der Waals surface area contributed by atoms with Crippen molar-refractivity contribution in [2.24, 2.45) is 0 Å². The molecule has 16 heavy (non-hydrogen) atoms. The van der Waals surface area contributed by atoms with Crippen LogP contribution in [0.25, 0.3) is 0 Å². The van der Waals surface area contributed by atoms with Crippen molar-refractivity contribution in [2.45, 2.75) is 44.3 Å². The van der Waals surface area contributed by atoms with Crippen LogP contribution in [0.2, 0.25) is 0 Å². The Balaban J connectivity index is 1.72. The zero-order valence-electron chi connectivity index (χ0n) is 9.95. The first-order valence-electron chi connectivity index (χ1n) is 6.18. The first-order valence-corrected chi connectivity index (χ1v) is 6.18. The van der Waals surface area contributed by atoms with E-state index in [4.69, 9.17) is 0 Å². The fraction of sp³-hybridized carbons (Fsp3) is 0.615. The molecular weight excluding hydrogens is 198 g/mol. The van der Waals surface area contributed by atoms with Crippen LogP contribution in [0.3, 0.4) is 0 Å². The molecule has 0 unspecified atom stereocenters. The molecule has 1 aromatic rings. The van der Waals surface area contributed by atoms with E-state index in [0.717, 1.165) is 12.6 Å². The molecule has 1 fully saturated rings. The number of aromatic nitrogens is 1. The molecule has 0 aromatic carbocycles. The van der Waals surface area contributed by atoms with E-state index >= 15 is 0 Å². The molecule has 0 spiro atoms. The predicted molar refractivity (Wildman–Crippen MR) is 66.2 cm³/mol. The third-order valence-corrected chi connectivity index (χ3v) is 3.48. The van der Waals surface area contributed by atoms with Crippen molar-refractivity contribution in [3.8, 4) is 0 Å². The minimum Gasteiger partial charge on any atom is -0.317 e. The van der Waals surface area contributed by atoms with Gasteiger partial charge in [-0.3, -0.25) is 4.98 Å². The number of hydrogen-bond acceptors (Lipinski definition) is 3.